The van der Waals surface area contributed by atoms with Crippen molar-refractivity contribution in [2.45, 2.75) is 63.9 Å². The van der Waals surface area contributed by atoms with E-state index in [4.69, 9.17) is 11.6 Å². The van der Waals surface area contributed by atoms with E-state index < -0.39 is 0 Å². The maximum atomic E-state index is 6.30. The van der Waals surface area contributed by atoms with E-state index in [1.54, 1.807) is 0 Å². The second-order valence-electron chi connectivity index (χ2n) is 4.74. The summed E-state index contributed by atoms with van der Waals surface area (Å²) >= 11 is 6.30. The van der Waals surface area contributed by atoms with Crippen LogP contribution < -0.4 is 0 Å². The van der Waals surface area contributed by atoms with Gasteiger partial charge in [-0.15, -0.1) is 11.6 Å². The second-order valence-corrected chi connectivity index (χ2v) is 5.27. The molecule has 0 aromatic carbocycles. The van der Waals surface area contributed by atoms with Crippen molar-refractivity contribution >= 4 is 11.6 Å². The molecule has 0 saturated carbocycles. The standard InChI is InChI=1S/C11H22ClN/c1-5-6-9(2)13-8-7-10(12)11(13,3)4/h9-10H,5-8H2,1-4H3. The largest absolute Gasteiger partial charge is 0.294 e. The first kappa shape index (κ1) is 11.3. The molecule has 2 heteroatoms. The Labute approximate surface area is 87.4 Å². The molecule has 0 aliphatic carbocycles. The summed E-state index contributed by atoms with van der Waals surface area (Å²) in [6.45, 7) is 10.3. The smallest absolute Gasteiger partial charge is 0.0526 e. The first-order valence-electron chi connectivity index (χ1n) is 5.41. The second kappa shape index (κ2) is 4.18. The molecule has 78 valence electrons. The van der Waals surface area contributed by atoms with Gasteiger partial charge in [0.1, 0.15) is 0 Å². The van der Waals surface area contributed by atoms with Gasteiger partial charge in [-0.25, -0.2) is 0 Å². The Morgan fingerprint density at radius 3 is 2.54 bits per heavy atom. The van der Waals surface area contributed by atoms with Crippen molar-refractivity contribution in [3.63, 3.8) is 0 Å². The van der Waals surface area contributed by atoms with Crippen molar-refractivity contribution in [1.82, 2.24) is 4.90 Å². The quantitative estimate of drug-likeness (QED) is 0.637. The van der Waals surface area contributed by atoms with Crippen molar-refractivity contribution in [1.29, 1.82) is 0 Å². The normalized spacial score (nSPS) is 30.7. The summed E-state index contributed by atoms with van der Waals surface area (Å²) in [6, 6.07) is 0.684. The summed E-state index contributed by atoms with van der Waals surface area (Å²) in [5, 5.41) is 0.326. The number of halogens is 1. The number of likely N-dealkylation sites (tertiary alicyclic amines) is 1. The van der Waals surface area contributed by atoms with Crippen molar-refractivity contribution < 1.29 is 0 Å². The molecular weight excluding hydrogens is 182 g/mol. The molecule has 2 unspecified atom stereocenters. The summed E-state index contributed by atoms with van der Waals surface area (Å²) < 4.78 is 0. The lowest BCUT2D eigenvalue weighted by molar-refractivity contribution is 0.120. The summed E-state index contributed by atoms with van der Waals surface area (Å²) in [5.74, 6) is 0. The van der Waals surface area contributed by atoms with Crippen molar-refractivity contribution in [2.75, 3.05) is 6.54 Å². The first-order chi connectivity index (χ1) is 6.00. The number of nitrogens with zero attached hydrogens (tertiary/aromatic N) is 1. The van der Waals surface area contributed by atoms with Gasteiger partial charge in [0.15, 0.2) is 0 Å². The van der Waals surface area contributed by atoms with E-state index >= 15 is 0 Å². The molecule has 0 aromatic heterocycles. The Morgan fingerprint density at radius 2 is 2.15 bits per heavy atom. The highest BCUT2D eigenvalue weighted by molar-refractivity contribution is 6.21. The summed E-state index contributed by atoms with van der Waals surface area (Å²) in [4.78, 5) is 2.56. The fourth-order valence-electron chi connectivity index (χ4n) is 2.44. The van der Waals surface area contributed by atoms with Crippen LogP contribution in [0.2, 0.25) is 0 Å². The fraction of sp³-hybridized carbons (Fsp3) is 1.00. The molecule has 1 aliphatic rings. The SMILES string of the molecule is CCCC(C)N1CCC(Cl)C1(C)C. The average Bonchev–Trinajstić information content (AvgIpc) is 2.28. The number of hydrogen-bond acceptors (Lipinski definition) is 1. The molecule has 1 saturated heterocycles. The van der Waals surface area contributed by atoms with Gasteiger partial charge in [-0.05, 0) is 33.6 Å². The molecule has 1 heterocycles. The van der Waals surface area contributed by atoms with Crippen LogP contribution in [0.1, 0.15) is 47.0 Å². The first-order valence-corrected chi connectivity index (χ1v) is 5.84. The minimum Gasteiger partial charge on any atom is -0.294 e. The zero-order valence-corrected chi connectivity index (χ0v) is 10.1. The zero-order chi connectivity index (χ0) is 10.1. The third kappa shape index (κ3) is 2.19. The van der Waals surface area contributed by atoms with Gasteiger partial charge in [0.05, 0.1) is 5.38 Å². The predicted octanol–water partition coefficient (Wildman–Crippen LogP) is 3.27. The van der Waals surface area contributed by atoms with E-state index in [1.807, 2.05) is 0 Å². The van der Waals surface area contributed by atoms with Crippen LogP contribution in [0.15, 0.2) is 0 Å². The zero-order valence-electron chi connectivity index (χ0n) is 9.31. The molecule has 0 N–H and O–H groups in total. The summed E-state index contributed by atoms with van der Waals surface area (Å²) in [7, 11) is 0. The van der Waals surface area contributed by atoms with E-state index in [9.17, 15) is 0 Å². The van der Waals surface area contributed by atoms with Crippen LogP contribution in [0.25, 0.3) is 0 Å². The molecule has 1 nitrogen and oxygen atoms in total. The minimum atomic E-state index is 0.191. The molecule has 0 spiro atoms. The van der Waals surface area contributed by atoms with Crippen molar-refractivity contribution in [2.24, 2.45) is 0 Å². The van der Waals surface area contributed by atoms with Gasteiger partial charge >= 0.3 is 0 Å². The Bertz CT molecular complexity index is 167. The average molecular weight is 204 g/mol. The van der Waals surface area contributed by atoms with E-state index in [1.165, 1.54) is 19.4 Å². The van der Waals surface area contributed by atoms with Gasteiger partial charge in [0.2, 0.25) is 0 Å². The molecule has 0 bridgehead atoms. The number of alkyl halides is 1. The third-order valence-corrected chi connectivity index (χ3v) is 4.12. The number of hydrogen-bond donors (Lipinski definition) is 0. The Kier molecular flexibility index (Phi) is 3.64. The molecule has 2 atom stereocenters. The van der Waals surface area contributed by atoms with Gasteiger partial charge in [-0.1, -0.05) is 13.3 Å². The Balaban J connectivity index is 2.60. The molecule has 0 amide bonds. The highest BCUT2D eigenvalue weighted by Crippen LogP contribution is 2.35. The molecule has 0 radical (unpaired) electrons. The Morgan fingerprint density at radius 1 is 1.54 bits per heavy atom. The van der Waals surface area contributed by atoms with Crippen LogP contribution in [0, 0.1) is 0 Å². The maximum Gasteiger partial charge on any atom is 0.0526 e. The van der Waals surface area contributed by atoms with Gasteiger partial charge in [-0.3, -0.25) is 4.90 Å². The van der Waals surface area contributed by atoms with Gasteiger partial charge in [-0.2, -0.15) is 0 Å². The highest BCUT2D eigenvalue weighted by atomic mass is 35.5. The minimum absolute atomic E-state index is 0.191. The molecule has 1 rings (SSSR count). The van der Waals surface area contributed by atoms with E-state index in [0.29, 0.717) is 11.4 Å². The lowest BCUT2D eigenvalue weighted by Gasteiger charge is -2.38. The van der Waals surface area contributed by atoms with Crippen molar-refractivity contribution in [3.05, 3.63) is 0 Å². The molecular formula is C11H22ClN. The molecule has 13 heavy (non-hydrogen) atoms. The van der Waals surface area contributed by atoms with Gasteiger partial charge in [0, 0.05) is 18.1 Å². The Hall–Kier alpha value is 0.250. The van der Waals surface area contributed by atoms with E-state index in [0.717, 1.165) is 6.42 Å². The lowest BCUT2D eigenvalue weighted by Crippen LogP contribution is -2.47. The number of rotatable bonds is 3. The van der Waals surface area contributed by atoms with Crippen LogP contribution in [0.3, 0.4) is 0 Å². The topological polar surface area (TPSA) is 3.24 Å². The molecule has 1 fully saturated rings. The lowest BCUT2D eigenvalue weighted by atomic mass is 9.99. The van der Waals surface area contributed by atoms with Crippen LogP contribution in [0.4, 0.5) is 0 Å². The summed E-state index contributed by atoms with van der Waals surface area (Å²) in [6.07, 6.45) is 3.69. The van der Waals surface area contributed by atoms with Crippen LogP contribution in [-0.2, 0) is 0 Å². The van der Waals surface area contributed by atoms with Crippen LogP contribution >= 0.6 is 11.6 Å². The fourth-order valence-corrected chi connectivity index (χ4v) is 2.66. The van der Waals surface area contributed by atoms with Gasteiger partial charge < -0.3 is 0 Å². The highest BCUT2D eigenvalue weighted by Gasteiger charge is 2.41. The van der Waals surface area contributed by atoms with Gasteiger partial charge in [0.25, 0.3) is 0 Å². The summed E-state index contributed by atoms with van der Waals surface area (Å²) in [5.41, 5.74) is 0.191. The van der Waals surface area contributed by atoms with Crippen LogP contribution in [-0.4, -0.2) is 28.4 Å². The maximum absolute atomic E-state index is 6.30. The molecule has 0 aromatic rings. The third-order valence-electron chi connectivity index (χ3n) is 3.37. The van der Waals surface area contributed by atoms with Crippen molar-refractivity contribution in [3.8, 4) is 0 Å². The molecule has 1 aliphatic heterocycles. The monoisotopic (exact) mass is 203 g/mol. The predicted molar refractivity (Wildman–Crippen MR) is 59.4 cm³/mol. The van der Waals surface area contributed by atoms with E-state index in [-0.39, 0.29) is 5.54 Å². The van der Waals surface area contributed by atoms with E-state index in [2.05, 4.69) is 32.6 Å². The van der Waals surface area contributed by atoms with Crippen LogP contribution in [0.5, 0.6) is 0 Å².